The fourth-order valence-corrected chi connectivity index (χ4v) is 0. The molecule has 0 aromatic heterocycles. The summed E-state index contributed by atoms with van der Waals surface area (Å²) in [5.41, 5.74) is 0. The Morgan fingerprint density at radius 1 is 1.00 bits per heavy atom. The van der Waals surface area contributed by atoms with Crippen molar-refractivity contribution in [3.8, 4) is 0 Å². The third-order valence-corrected chi connectivity index (χ3v) is 0. The second-order valence-electron chi connectivity index (χ2n) is 0. The minimum absolute atomic E-state index is 0. The molecule has 0 aromatic carbocycles. The molecule has 0 aliphatic carbocycles. The van der Waals surface area contributed by atoms with Crippen LogP contribution in [-0.4, -0.2) is 8.41 Å². The number of hydrogen-bond donors (Lipinski definition) is 0. The van der Waals surface area contributed by atoms with Gasteiger partial charge in [-0.15, -0.1) is 0 Å². The Hall–Kier alpha value is 1.81. The van der Waals surface area contributed by atoms with Gasteiger partial charge in [0.25, 0.3) is 0 Å². The van der Waals surface area contributed by atoms with Crippen molar-refractivity contribution in [2.24, 2.45) is 0 Å². The quantitative estimate of drug-likeness (QED) is 0.466. The molecule has 0 rings (SSSR count). The van der Waals surface area contributed by atoms with Crippen molar-refractivity contribution < 1.29 is 55.7 Å². The van der Waals surface area contributed by atoms with Gasteiger partial charge in [-0.25, -0.2) is 0 Å². The summed E-state index contributed by atoms with van der Waals surface area (Å²) >= 11 is 0. The van der Waals surface area contributed by atoms with Crippen molar-refractivity contribution in [1.82, 2.24) is 0 Å². The van der Waals surface area contributed by atoms with E-state index < -0.39 is 0 Å². The fourth-order valence-electron chi connectivity index (χ4n) is 0. The zero-order valence-electron chi connectivity index (χ0n) is 0.951. The van der Waals surface area contributed by atoms with Crippen LogP contribution in [0, 0.1) is 0 Å². The first kappa shape index (κ1) is 41.1. The second kappa shape index (κ2) is 21.4. The predicted octanol–water partition coefficient (Wildman–Crippen LogP) is -1.19. The average molecular weight is 239 g/mol. The zero-order chi connectivity index (χ0) is 0. The van der Waals surface area contributed by atoms with Crippen LogP contribution in [0.25, 0.3) is 0 Å². The smallest absolute Gasteiger partial charge is 0 e. The molecule has 0 atom stereocenters. The van der Waals surface area contributed by atoms with Crippen molar-refractivity contribution in [2.45, 2.75) is 0 Å². The minimum Gasteiger partial charge on any atom is 0 e. The van der Waals surface area contributed by atoms with Crippen LogP contribution >= 0.6 is 0 Å². The Balaban J connectivity index is 0. The van der Waals surface area contributed by atoms with E-state index >= 15 is 0 Å². The van der Waals surface area contributed by atoms with Crippen LogP contribution < -0.4 is 0 Å². The monoisotopic (exact) mass is 238 g/mol. The topological polar surface area (TPSA) is 0 Å². The number of rotatable bonds is 0. The molecule has 0 aliphatic heterocycles. The maximum Gasteiger partial charge on any atom is 0.0814 e. The molecule has 0 aliphatic rings. The van der Waals surface area contributed by atoms with Gasteiger partial charge in [0.1, 0.15) is 0 Å². The van der Waals surface area contributed by atoms with Gasteiger partial charge in [-0.2, -0.15) is 0 Å². The molecule has 0 N–H and O–H groups in total. The molecule has 36 valence electrons. The maximum absolute atomic E-state index is 0. The van der Waals surface area contributed by atoms with Gasteiger partial charge in [-0.3, -0.25) is 0 Å². The Kier molecular flexibility index (Phi) is 220. The van der Waals surface area contributed by atoms with Gasteiger partial charge in [0.2, 0.25) is 0 Å². The molecule has 0 saturated heterocycles. The second-order valence-corrected chi connectivity index (χ2v) is 0. The molecule has 0 fully saturated rings. The van der Waals surface area contributed by atoms with E-state index in [1.807, 2.05) is 0 Å². The predicted molar refractivity (Wildman–Crippen MR) is 9.94 cm³/mol. The minimum atomic E-state index is 0. The van der Waals surface area contributed by atoms with E-state index in [-0.39, 0.29) is 64.1 Å². The van der Waals surface area contributed by atoms with Crippen LogP contribution in [0.5, 0.6) is 0 Å². The van der Waals surface area contributed by atoms with Crippen LogP contribution in [0.1, 0.15) is 0 Å². The van der Waals surface area contributed by atoms with E-state index in [2.05, 4.69) is 0 Å². The molecule has 0 heterocycles. The molecule has 0 amide bonds. The third kappa shape index (κ3) is 9.19. The molecule has 0 unspecified atom stereocenters. The average Bonchev–Trinajstić information content (AvgIpc) is 0. The van der Waals surface area contributed by atoms with Gasteiger partial charge in [0, 0.05) is 55.7 Å². The molecular weight excluding hydrogens is 236 g/mol. The largest absolute Gasteiger partial charge is 0.0814 e. The first-order chi connectivity index (χ1) is 0. The first-order valence-corrected chi connectivity index (χ1v) is 0. The molecule has 0 saturated carbocycles. The van der Waals surface area contributed by atoms with E-state index in [9.17, 15) is 0 Å². The normalized spacial score (nSPS) is 0. The molecular formula is H3AgBCoNi. The van der Waals surface area contributed by atoms with Gasteiger partial charge in [0.05, 0.1) is 8.41 Å². The summed E-state index contributed by atoms with van der Waals surface area (Å²) in [6.07, 6.45) is 0. The van der Waals surface area contributed by atoms with Crippen molar-refractivity contribution in [1.29, 1.82) is 0 Å². The van der Waals surface area contributed by atoms with Gasteiger partial charge in [0.15, 0.2) is 0 Å². The Bertz CT molecular complexity index is 8.00. The number of hydrogen-bond acceptors (Lipinski definition) is 0. The Labute approximate surface area is 63.7 Å². The first-order valence-electron chi connectivity index (χ1n) is 0. The van der Waals surface area contributed by atoms with Crippen molar-refractivity contribution in [3.05, 3.63) is 0 Å². The van der Waals surface area contributed by atoms with Crippen LogP contribution in [0.2, 0.25) is 0 Å². The van der Waals surface area contributed by atoms with Gasteiger partial charge in [-0.1, -0.05) is 0 Å². The molecule has 0 aromatic rings. The van der Waals surface area contributed by atoms with E-state index in [0.29, 0.717) is 0 Å². The molecule has 4 heavy (non-hydrogen) atoms. The fraction of sp³-hybridized carbons (Fsp3) is 0. The van der Waals surface area contributed by atoms with E-state index in [4.69, 9.17) is 0 Å². The van der Waals surface area contributed by atoms with Gasteiger partial charge >= 0.3 is 0 Å². The van der Waals surface area contributed by atoms with Gasteiger partial charge < -0.3 is 0 Å². The standard InChI is InChI=1S/Ag.BH3.Co.Ni/h;1H3;;. The van der Waals surface area contributed by atoms with Crippen LogP contribution in [0.3, 0.4) is 0 Å². The molecule has 0 bridgehead atoms. The summed E-state index contributed by atoms with van der Waals surface area (Å²) in [6.45, 7) is 0. The van der Waals surface area contributed by atoms with Crippen molar-refractivity contribution in [3.63, 3.8) is 0 Å². The van der Waals surface area contributed by atoms with Gasteiger partial charge in [-0.05, 0) is 0 Å². The molecule has 2 radical (unpaired) electrons. The Morgan fingerprint density at radius 3 is 1.00 bits per heavy atom. The summed E-state index contributed by atoms with van der Waals surface area (Å²) < 4.78 is 0. The summed E-state index contributed by atoms with van der Waals surface area (Å²) in [4.78, 5) is 0. The summed E-state index contributed by atoms with van der Waals surface area (Å²) in [7, 11) is 0. The molecule has 4 heteroatoms. The van der Waals surface area contributed by atoms with Crippen LogP contribution in [-0.2, 0) is 55.7 Å². The van der Waals surface area contributed by atoms with Crippen molar-refractivity contribution >= 4 is 8.41 Å². The van der Waals surface area contributed by atoms with Crippen LogP contribution in [0.4, 0.5) is 0 Å². The summed E-state index contributed by atoms with van der Waals surface area (Å²) in [6, 6.07) is 0. The molecule has 0 nitrogen and oxygen atoms in total. The maximum atomic E-state index is 0. The summed E-state index contributed by atoms with van der Waals surface area (Å²) in [5, 5.41) is 0. The van der Waals surface area contributed by atoms with Crippen molar-refractivity contribution in [2.75, 3.05) is 0 Å². The van der Waals surface area contributed by atoms with E-state index in [0.717, 1.165) is 0 Å². The zero-order valence-corrected chi connectivity index (χ0v) is 4.46. The SMILES string of the molecule is B.[Ag].[Co].[Ni]. The Morgan fingerprint density at radius 2 is 1.00 bits per heavy atom. The van der Waals surface area contributed by atoms with E-state index in [1.165, 1.54) is 0 Å². The molecule has 0 spiro atoms. The van der Waals surface area contributed by atoms with E-state index in [1.54, 1.807) is 0 Å². The van der Waals surface area contributed by atoms with Crippen LogP contribution in [0.15, 0.2) is 0 Å². The third-order valence-electron chi connectivity index (χ3n) is 0. The summed E-state index contributed by atoms with van der Waals surface area (Å²) in [5.74, 6) is 0.